The molecule has 0 saturated carbocycles. The summed E-state index contributed by atoms with van der Waals surface area (Å²) < 4.78 is 5.58. The van der Waals surface area contributed by atoms with Gasteiger partial charge in [0, 0.05) is 42.7 Å². The molecule has 26 heavy (non-hydrogen) atoms. The molecule has 3 aliphatic heterocycles. The summed E-state index contributed by atoms with van der Waals surface area (Å²) in [5.74, 6) is 0.168. The zero-order valence-corrected chi connectivity index (χ0v) is 16.1. The molecule has 1 aromatic rings. The number of amides is 1. The van der Waals surface area contributed by atoms with Crippen LogP contribution in [0, 0.1) is 0 Å². The van der Waals surface area contributed by atoms with Crippen LogP contribution in [0.4, 0.5) is 0 Å². The summed E-state index contributed by atoms with van der Waals surface area (Å²) in [7, 11) is 0. The molecule has 4 rings (SSSR count). The number of hydrogen-bond donors (Lipinski definition) is 1. The maximum atomic E-state index is 12.5. The molecule has 0 radical (unpaired) electrons. The van der Waals surface area contributed by atoms with Crippen LogP contribution in [0.1, 0.15) is 44.2 Å². The lowest BCUT2D eigenvalue weighted by atomic mass is 9.97. The van der Waals surface area contributed by atoms with Gasteiger partial charge in [-0.1, -0.05) is 23.7 Å². The van der Waals surface area contributed by atoms with E-state index in [-0.39, 0.29) is 12.1 Å². The number of nitrogens with one attached hydrogen (secondary N) is 1. The van der Waals surface area contributed by atoms with Crippen molar-refractivity contribution in [3.8, 4) is 0 Å². The average Bonchev–Trinajstić information content (AvgIpc) is 3.11. The van der Waals surface area contributed by atoms with Crippen LogP contribution in [0.5, 0.6) is 0 Å². The van der Waals surface area contributed by atoms with Gasteiger partial charge in [0.15, 0.2) is 0 Å². The summed E-state index contributed by atoms with van der Waals surface area (Å²) >= 11 is 6.21. The number of rotatable bonds is 3. The molecule has 5 nitrogen and oxygen atoms in total. The summed E-state index contributed by atoms with van der Waals surface area (Å²) in [5.41, 5.74) is 1.26. The van der Waals surface area contributed by atoms with Crippen molar-refractivity contribution in [2.24, 2.45) is 0 Å². The summed E-state index contributed by atoms with van der Waals surface area (Å²) in [6.07, 6.45) is 3.94. The lowest BCUT2D eigenvalue weighted by Crippen LogP contribution is -2.59. The third-order valence-corrected chi connectivity index (χ3v) is 6.30. The Morgan fingerprint density at radius 1 is 1.27 bits per heavy atom. The highest BCUT2D eigenvalue weighted by Gasteiger charge is 2.39. The molecule has 1 amide bonds. The molecule has 1 aromatic carbocycles. The molecule has 6 heteroatoms. The van der Waals surface area contributed by atoms with E-state index in [0.717, 1.165) is 50.6 Å². The standard InChI is InChI=1S/C20H28ClN3O2/c1-14-13-26-9-8-23(14)17-11-19(22-20(25)12-17)24-7-3-6-18(24)15-4-2-5-16(21)10-15/h2,4-5,10,14,17-19H,3,6-9,11-13H2,1H3,(H,22,25)/t14-,17?,18-,19?/m1/s1. The van der Waals surface area contributed by atoms with Crippen molar-refractivity contribution in [2.75, 3.05) is 26.3 Å². The Morgan fingerprint density at radius 2 is 2.15 bits per heavy atom. The Hall–Kier alpha value is -1.14. The molecular weight excluding hydrogens is 350 g/mol. The highest BCUT2D eigenvalue weighted by Crippen LogP contribution is 2.36. The molecule has 3 heterocycles. The van der Waals surface area contributed by atoms with Crippen LogP contribution < -0.4 is 5.32 Å². The normalized spacial score (nSPS) is 34.0. The third kappa shape index (κ3) is 3.77. The van der Waals surface area contributed by atoms with Crippen LogP contribution in [0.3, 0.4) is 0 Å². The number of nitrogens with zero attached hydrogens (tertiary/aromatic N) is 2. The fourth-order valence-electron chi connectivity index (χ4n) is 4.85. The number of carbonyl (C=O) groups excluding carboxylic acids is 1. The summed E-state index contributed by atoms with van der Waals surface area (Å²) in [6.45, 7) is 5.67. The van der Waals surface area contributed by atoms with Gasteiger partial charge in [-0.15, -0.1) is 0 Å². The van der Waals surface area contributed by atoms with E-state index in [4.69, 9.17) is 16.3 Å². The molecule has 0 bridgehead atoms. The van der Waals surface area contributed by atoms with Crippen LogP contribution >= 0.6 is 11.6 Å². The van der Waals surface area contributed by atoms with E-state index in [0.29, 0.717) is 24.5 Å². The van der Waals surface area contributed by atoms with Crippen LogP contribution in [0.15, 0.2) is 24.3 Å². The fraction of sp³-hybridized carbons (Fsp3) is 0.650. The molecule has 3 saturated heterocycles. The molecular formula is C20H28ClN3O2. The molecule has 4 atom stereocenters. The fourth-order valence-corrected chi connectivity index (χ4v) is 5.04. The van der Waals surface area contributed by atoms with Gasteiger partial charge < -0.3 is 10.1 Å². The minimum Gasteiger partial charge on any atom is -0.379 e. The van der Waals surface area contributed by atoms with Gasteiger partial charge in [-0.3, -0.25) is 14.6 Å². The number of hydrogen-bond acceptors (Lipinski definition) is 4. The lowest BCUT2D eigenvalue weighted by Gasteiger charge is -2.45. The van der Waals surface area contributed by atoms with E-state index < -0.39 is 0 Å². The maximum absolute atomic E-state index is 12.5. The topological polar surface area (TPSA) is 44.8 Å². The van der Waals surface area contributed by atoms with Gasteiger partial charge in [-0.05, 0) is 43.9 Å². The zero-order valence-electron chi connectivity index (χ0n) is 15.4. The van der Waals surface area contributed by atoms with Crippen molar-refractivity contribution >= 4 is 17.5 Å². The quantitative estimate of drug-likeness (QED) is 0.879. The Labute approximate surface area is 160 Å². The predicted molar refractivity (Wildman–Crippen MR) is 102 cm³/mol. The van der Waals surface area contributed by atoms with Crippen LogP contribution in [-0.2, 0) is 9.53 Å². The van der Waals surface area contributed by atoms with Crippen molar-refractivity contribution in [3.63, 3.8) is 0 Å². The Bertz CT molecular complexity index is 656. The van der Waals surface area contributed by atoms with Gasteiger partial charge in [0.25, 0.3) is 0 Å². The predicted octanol–water partition coefficient (Wildman–Crippen LogP) is 2.80. The van der Waals surface area contributed by atoms with Crippen molar-refractivity contribution in [1.82, 2.24) is 15.1 Å². The van der Waals surface area contributed by atoms with Gasteiger partial charge in [-0.25, -0.2) is 0 Å². The minimum absolute atomic E-state index is 0.0998. The molecule has 3 aliphatic rings. The summed E-state index contributed by atoms with van der Waals surface area (Å²) in [6, 6.07) is 9.17. The van der Waals surface area contributed by atoms with E-state index in [1.54, 1.807) is 0 Å². The first-order chi connectivity index (χ1) is 12.6. The van der Waals surface area contributed by atoms with E-state index in [1.165, 1.54) is 5.56 Å². The second-order valence-corrected chi connectivity index (χ2v) is 8.23. The lowest BCUT2D eigenvalue weighted by molar-refractivity contribution is -0.130. The molecule has 3 fully saturated rings. The van der Waals surface area contributed by atoms with E-state index in [2.05, 4.69) is 34.2 Å². The summed E-state index contributed by atoms with van der Waals surface area (Å²) in [4.78, 5) is 17.4. The third-order valence-electron chi connectivity index (χ3n) is 6.06. The first-order valence-corrected chi connectivity index (χ1v) is 10.1. The molecule has 2 unspecified atom stereocenters. The molecule has 0 spiro atoms. The Balaban J connectivity index is 1.51. The second-order valence-electron chi connectivity index (χ2n) is 7.79. The Morgan fingerprint density at radius 3 is 2.96 bits per heavy atom. The number of halogens is 1. The average molecular weight is 378 g/mol. The van der Waals surface area contributed by atoms with E-state index >= 15 is 0 Å². The van der Waals surface area contributed by atoms with Crippen molar-refractivity contribution in [1.29, 1.82) is 0 Å². The van der Waals surface area contributed by atoms with Gasteiger partial charge >= 0.3 is 0 Å². The monoisotopic (exact) mass is 377 g/mol. The summed E-state index contributed by atoms with van der Waals surface area (Å²) in [5, 5.41) is 4.03. The van der Waals surface area contributed by atoms with Gasteiger partial charge in [0.05, 0.1) is 19.4 Å². The minimum atomic E-state index is 0.0998. The van der Waals surface area contributed by atoms with Crippen LogP contribution in [0.25, 0.3) is 0 Å². The number of carbonyl (C=O) groups is 1. The van der Waals surface area contributed by atoms with Gasteiger partial charge in [0.2, 0.25) is 5.91 Å². The van der Waals surface area contributed by atoms with Crippen molar-refractivity contribution in [3.05, 3.63) is 34.9 Å². The molecule has 0 aromatic heterocycles. The Kier molecular flexibility index (Phi) is 5.50. The molecule has 1 N–H and O–H groups in total. The van der Waals surface area contributed by atoms with Gasteiger partial charge in [0.1, 0.15) is 0 Å². The maximum Gasteiger partial charge on any atom is 0.222 e. The van der Waals surface area contributed by atoms with Crippen LogP contribution in [-0.4, -0.2) is 60.3 Å². The van der Waals surface area contributed by atoms with Crippen molar-refractivity contribution in [2.45, 2.75) is 56.9 Å². The van der Waals surface area contributed by atoms with Crippen molar-refractivity contribution < 1.29 is 9.53 Å². The van der Waals surface area contributed by atoms with Crippen LogP contribution in [0.2, 0.25) is 5.02 Å². The second kappa shape index (κ2) is 7.85. The first kappa shape index (κ1) is 18.2. The zero-order chi connectivity index (χ0) is 18.1. The SMILES string of the molecule is C[C@@H]1COCCN1C1CC(=O)NC(N2CCC[C@@H]2c2cccc(Cl)c2)C1. The first-order valence-electron chi connectivity index (χ1n) is 9.76. The number of piperidine rings is 1. The highest BCUT2D eigenvalue weighted by molar-refractivity contribution is 6.30. The van der Waals surface area contributed by atoms with Gasteiger partial charge in [-0.2, -0.15) is 0 Å². The smallest absolute Gasteiger partial charge is 0.222 e. The van der Waals surface area contributed by atoms with E-state index in [1.807, 2.05) is 12.1 Å². The number of ether oxygens (including phenoxy) is 1. The number of likely N-dealkylation sites (tertiary alicyclic amines) is 1. The largest absolute Gasteiger partial charge is 0.379 e. The number of morpholine rings is 1. The molecule has 142 valence electrons. The molecule has 0 aliphatic carbocycles. The highest BCUT2D eigenvalue weighted by atomic mass is 35.5. The van der Waals surface area contributed by atoms with E-state index in [9.17, 15) is 4.79 Å². The number of benzene rings is 1.